The van der Waals surface area contributed by atoms with E-state index in [0.29, 0.717) is 0 Å². The van der Waals surface area contributed by atoms with Crippen LogP contribution in [-0.2, 0) is 6.18 Å². The third kappa shape index (κ3) is 1.82. The molecule has 1 aromatic rings. The Morgan fingerprint density at radius 2 is 1.43 bits per heavy atom. The van der Waals surface area contributed by atoms with E-state index in [9.17, 15) is 26.3 Å². The fourth-order valence-corrected chi connectivity index (χ4v) is 1.02. The maximum absolute atomic E-state index is 12.6. The highest BCUT2D eigenvalue weighted by Gasteiger charge is 2.37. The number of hydrogen-bond acceptors (Lipinski definition) is 1. The highest BCUT2D eigenvalue weighted by Crippen LogP contribution is 2.34. The molecule has 0 saturated carbocycles. The standard InChI is InChI=1S/C7H2F6S/c8-4-2(7(11,12)13)1-3(14)5(9)6(4)10/h1,14H. The van der Waals surface area contributed by atoms with Crippen LogP contribution in [-0.4, -0.2) is 0 Å². The van der Waals surface area contributed by atoms with E-state index in [0.717, 1.165) is 0 Å². The van der Waals surface area contributed by atoms with Gasteiger partial charge in [0.2, 0.25) is 0 Å². The molecule has 7 heteroatoms. The van der Waals surface area contributed by atoms with Crippen molar-refractivity contribution in [2.75, 3.05) is 0 Å². The Bertz CT molecular complexity index is 369. The molecule has 0 aliphatic carbocycles. The summed E-state index contributed by atoms with van der Waals surface area (Å²) in [6.07, 6.45) is -5.07. The van der Waals surface area contributed by atoms with Crippen molar-refractivity contribution >= 4 is 12.6 Å². The van der Waals surface area contributed by atoms with Crippen molar-refractivity contribution in [1.29, 1.82) is 0 Å². The number of benzene rings is 1. The third-order valence-corrected chi connectivity index (χ3v) is 1.76. The fraction of sp³-hybridized carbons (Fsp3) is 0.143. The topological polar surface area (TPSA) is 0 Å². The van der Waals surface area contributed by atoms with Gasteiger partial charge in [-0.25, -0.2) is 13.2 Å². The molecule has 0 aliphatic heterocycles. The second-order valence-electron chi connectivity index (χ2n) is 2.38. The van der Waals surface area contributed by atoms with Crippen molar-refractivity contribution in [3.63, 3.8) is 0 Å². The van der Waals surface area contributed by atoms with E-state index in [1.54, 1.807) is 0 Å². The molecule has 0 nitrogen and oxygen atoms in total. The second kappa shape index (κ2) is 3.38. The van der Waals surface area contributed by atoms with Gasteiger partial charge in [-0.05, 0) is 6.07 Å². The average molecular weight is 232 g/mol. The van der Waals surface area contributed by atoms with E-state index >= 15 is 0 Å². The van der Waals surface area contributed by atoms with Crippen LogP contribution in [0.5, 0.6) is 0 Å². The first kappa shape index (κ1) is 11.2. The van der Waals surface area contributed by atoms with Crippen LogP contribution in [0.1, 0.15) is 5.56 Å². The Morgan fingerprint density at radius 3 is 1.86 bits per heavy atom. The molecule has 1 rings (SSSR count). The predicted octanol–water partition coefficient (Wildman–Crippen LogP) is 3.41. The highest BCUT2D eigenvalue weighted by atomic mass is 32.1. The number of hydrogen-bond donors (Lipinski definition) is 1. The van der Waals surface area contributed by atoms with Gasteiger partial charge in [-0.15, -0.1) is 12.6 Å². The summed E-state index contributed by atoms with van der Waals surface area (Å²) in [5.74, 6) is -6.17. The summed E-state index contributed by atoms with van der Waals surface area (Å²) in [5, 5.41) is 0. The molecule has 1 aromatic carbocycles. The van der Waals surface area contributed by atoms with Crippen LogP contribution in [0.2, 0.25) is 0 Å². The molecule has 0 heterocycles. The molecule has 0 N–H and O–H groups in total. The lowest BCUT2D eigenvalue weighted by atomic mass is 10.2. The lowest BCUT2D eigenvalue weighted by Crippen LogP contribution is -2.11. The largest absolute Gasteiger partial charge is 0.419 e. The first-order valence-electron chi connectivity index (χ1n) is 3.18. The summed E-state index contributed by atoms with van der Waals surface area (Å²) in [6, 6.07) is 0.0941. The Balaban J connectivity index is 3.49. The number of alkyl halides is 3. The summed E-state index contributed by atoms with van der Waals surface area (Å²) < 4.78 is 73.5. The predicted molar refractivity (Wildman–Crippen MR) is 38.6 cm³/mol. The van der Waals surface area contributed by atoms with Crippen molar-refractivity contribution in [2.24, 2.45) is 0 Å². The highest BCUT2D eigenvalue weighted by molar-refractivity contribution is 7.80. The summed E-state index contributed by atoms with van der Waals surface area (Å²) >= 11 is 3.23. The van der Waals surface area contributed by atoms with E-state index in [1.165, 1.54) is 0 Å². The van der Waals surface area contributed by atoms with Crippen LogP contribution in [0.3, 0.4) is 0 Å². The quantitative estimate of drug-likeness (QED) is 0.395. The maximum atomic E-state index is 12.6. The molecule has 0 aromatic heterocycles. The van der Waals surface area contributed by atoms with Crippen LogP contribution >= 0.6 is 12.6 Å². The molecule has 0 amide bonds. The average Bonchev–Trinajstić information content (AvgIpc) is 2.06. The van der Waals surface area contributed by atoms with Crippen molar-refractivity contribution in [2.45, 2.75) is 11.1 Å². The molecule has 78 valence electrons. The van der Waals surface area contributed by atoms with Gasteiger partial charge in [0.05, 0.1) is 5.56 Å². The first-order chi connectivity index (χ1) is 6.25. The van der Waals surface area contributed by atoms with Gasteiger partial charge in [0.15, 0.2) is 17.5 Å². The third-order valence-electron chi connectivity index (χ3n) is 1.43. The lowest BCUT2D eigenvalue weighted by molar-refractivity contribution is -0.140. The molecule has 0 bridgehead atoms. The van der Waals surface area contributed by atoms with E-state index in [-0.39, 0.29) is 6.07 Å². The van der Waals surface area contributed by atoms with Crippen molar-refractivity contribution in [3.8, 4) is 0 Å². The lowest BCUT2D eigenvalue weighted by Gasteiger charge is -2.09. The Morgan fingerprint density at radius 1 is 0.929 bits per heavy atom. The summed E-state index contributed by atoms with van der Waals surface area (Å²) in [5.41, 5.74) is -1.87. The molecule has 0 spiro atoms. The maximum Gasteiger partial charge on any atom is 0.419 e. The smallest absolute Gasteiger partial charge is 0.203 e. The van der Waals surface area contributed by atoms with Crippen LogP contribution < -0.4 is 0 Å². The minimum atomic E-state index is -5.07. The molecule has 0 fully saturated rings. The van der Waals surface area contributed by atoms with E-state index < -0.39 is 34.1 Å². The van der Waals surface area contributed by atoms with E-state index in [2.05, 4.69) is 12.6 Å². The van der Waals surface area contributed by atoms with Gasteiger partial charge < -0.3 is 0 Å². The van der Waals surface area contributed by atoms with Crippen LogP contribution in [0.15, 0.2) is 11.0 Å². The molecule has 14 heavy (non-hydrogen) atoms. The van der Waals surface area contributed by atoms with Gasteiger partial charge in [-0.1, -0.05) is 0 Å². The molecule has 0 unspecified atom stereocenters. The monoisotopic (exact) mass is 232 g/mol. The summed E-state index contributed by atoms with van der Waals surface area (Å²) in [7, 11) is 0. The zero-order valence-corrected chi connectivity index (χ0v) is 7.19. The molecular formula is C7H2F6S. The van der Waals surface area contributed by atoms with E-state index in [4.69, 9.17) is 0 Å². The number of rotatable bonds is 0. The normalized spacial score (nSPS) is 11.9. The SMILES string of the molecule is Fc1c(S)cc(C(F)(F)F)c(F)c1F. The molecule has 0 saturated heterocycles. The Hall–Kier alpha value is -0.850. The number of halogens is 6. The van der Waals surface area contributed by atoms with Gasteiger partial charge in [0.25, 0.3) is 0 Å². The summed E-state index contributed by atoms with van der Waals surface area (Å²) in [6.45, 7) is 0. The van der Waals surface area contributed by atoms with Crippen molar-refractivity contribution in [3.05, 3.63) is 29.1 Å². The Kier molecular flexibility index (Phi) is 2.71. The fourth-order valence-electron chi connectivity index (χ4n) is 0.797. The molecule has 0 atom stereocenters. The summed E-state index contributed by atoms with van der Waals surface area (Å²) in [4.78, 5) is -0.892. The second-order valence-corrected chi connectivity index (χ2v) is 2.86. The van der Waals surface area contributed by atoms with Crippen LogP contribution in [0.25, 0.3) is 0 Å². The molecular weight excluding hydrogens is 230 g/mol. The Labute approximate surface area is 79.9 Å². The van der Waals surface area contributed by atoms with Gasteiger partial charge in [-0.2, -0.15) is 13.2 Å². The van der Waals surface area contributed by atoms with Crippen LogP contribution in [0, 0.1) is 17.5 Å². The van der Waals surface area contributed by atoms with E-state index in [1.807, 2.05) is 0 Å². The minimum Gasteiger partial charge on any atom is -0.203 e. The van der Waals surface area contributed by atoms with Crippen LogP contribution in [0.4, 0.5) is 26.3 Å². The molecule has 0 radical (unpaired) electrons. The van der Waals surface area contributed by atoms with Gasteiger partial charge in [-0.3, -0.25) is 0 Å². The zero-order chi connectivity index (χ0) is 11.1. The van der Waals surface area contributed by atoms with Gasteiger partial charge >= 0.3 is 6.18 Å². The van der Waals surface area contributed by atoms with Crippen molar-refractivity contribution < 1.29 is 26.3 Å². The van der Waals surface area contributed by atoms with Gasteiger partial charge in [0, 0.05) is 4.90 Å². The molecule has 0 aliphatic rings. The van der Waals surface area contributed by atoms with Gasteiger partial charge in [0.1, 0.15) is 0 Å². The minimum absolute atomic E-state index is 0.0941. The van der Waals surface area contributed by atoms with Crippen molar-refractivity contribution in [1.82, 2.24) is 0 Å². The zero-order valence-electron chi connectivity index (χ0n) is 6.29. The number of thiol groups is 1. The first-order valence-corrected chi connectivity index (χ1v) is 3.63.